The molecule has 0 spiro atoms. The molecule has 1 aliphatic heterocycles. The van der Waals surface area contributed by atoms with Crippen LogP contribution in [0.1, 0.15) is 15.9 Å². The predicted octanol–water partition coefficient (Wildman–Crippen LogP) is 4.08. The van der Waals surface area contributed by atoms with Crippen LogP contribution in [0.2, 0.25) is 0 Å². The number of fused-ring (bicyclic) bond motifs is 2. The smallest absolute Gasteiger partial charge is 0.258 e. The number of anilines is 1. The fourth-order valence-electron chi connectivity index (χ4n) is 3.34. The molecule has 3 aromatic carbocycles. The molecule has 1 aromatic heterocycles. The van der Waals surface area contributed by atoms with Crippen LogP contribution in [0, 0.1) is 0 Å². The van der Waals surface area contributed by atoms with Crippen LogP contribution < -0.4 is 20.1 Å². The van der Waals surface area contributed by atoms with Gasteiger partial charge in [0.15, 0.2) is 15.8 Å². The molecule has 2 heterocycles. The molecule has 0 saturated heterocycles. The largest absolute Gasteiger partial charge is 0.454 e. The lowest BCUT2D eigenvalue weighted by Crippen LogP contribution is -2.24. The average Bonchev–Trinajstić information content (AvgIpc) is 3.50. The van der Waals surface area contributed by atoms with Gasteiger partial charge in [0, 0.05) is 12.1 Å². The molecule has 10 heteroatoms. The molecule has 0 radical (unpaired) electrons. The second-order valence-corrected chi connectivity index (χ2v) is 9.31. The minimum absolute atomic E-state index is 0.130. The Morgan fingerprint density at radius 2 is 1.85 bits per heavy atom. The fourth-order valence-corrected chi connectivity index (χ4v) is 4.91. The van der Waals surface area contributed by atoms with Crippen LogP contribution in [0.25, 0.3) is 10.8 Å². The van der Waals surface area contributed by atoms with E-state index in [1.807, 2.05) is 54.6 Å². The van der Waals surface area contributed by atoms with Crippen LogP contribution in [0.15, 0.2) is 65.0 Å². The maximum atomic E-state index is 12.7. The van der Waals surface area contributed by atoms with Crippen molar-refractivity contribution in [1.29, 1.82) is 0 Å². The Morgan fingerprint density at radius 3 is 2.79 bits per heavy atom. The molecule has 5 rings (SSSR count). The van der Waals surface area contributed by atoms with Gasteiger partial charge >= 0.3 is 0 Å². The van der Waals surface area contributed by atoms with Crippen molar-refractivity contribution >= 4 is 50.8 Å². The van der Waals surface area contributed by atoms with E-state index < -0.39 is 0 Å². The molecule has 0 atom stereocenters. The molecule has 0 bridgehead atoms. The molecule has 4 aromatic rings. The second-order valence-electron chi connectivity index (χ2n) is 7.11. The summed E-state index contributed by atoms with van der Waals surface area (Å²) in [5, 5.41) is 16.0. The van der Waals surface area contributed by atoms with Gasteiger partial charge in [-0.15, -0.1) is 10.2 Å². The first-order valence-corrected chi connectivity index (χ1v) is 11.9. The third kappa shape index (κ3) is 4.91. The number of aromatic nitrogens is 2. The lowest BCUT2D eigenvalue weighted by molar-refractivity contribution is -0.118. The molecular weight excluding hydrogens is 460 g/mol. The maximum Gasteiger partial charge on any atom is 0.258 e. The number of carbonyl (C=O) groups excluding carboxylic acids is 2. The highest BCUT2D eigenvalue weighted by Crippen LogP contribution is 2.32. The molecule has 166 valence electrons. The Balaban J connectivity index is 1.13. The highest BCUT2D eigenvalue weighted by molar-refractivity contribution is 8.01. The Bertz CT molecular complexity index is 1340. The van der Waals surface area contributed by atoms with Crippen molar-refractivity contribution in [2.75, 3.05) is 17.9 Å². The van der Waals surface area contributed by atoms with Gasteiger partial charge in [-0.2, -0.15) is 0 Å². The van der Waals surface area contributed by atoms with Crippen molar-refractivity contribution in [3.05, 3.63) is 71.8 Å². The summed E-state index contributed by atoms with van der Waals surface area (Å²) in [5.74, 6) is 1.20. The lowest BCUT2D eigenvalue weighted by Gasteiger charge is -2.06. The average molecular weight is 479 g/mol. The van der Waals surface area contributed by atoms with E-state index in [-0.39, 0.29) is 24.4 Å². The van der Waals surface area contributed by atoms with E-state index >= 15 is 0 Å². The third-order valence-corrected chi connectivity index (χ3v) is 6.89. The van der Waals surface area contributed by atoms with E-state index in [0.717, 1.165) is 16.3 Å². The van der Waals surface area contributed by atoms with Crippen LogP contribution in [-0.2, 0) is 11.3 Å². The third-order valence-electron chi connectivity index (χ3n) is 4.91. The molecule has 2 amide bonds. The van der Waals surface area contributed by atoms with Crippen LogP contribution >= 0.6 is 23.1 Å². The first kappa shape index (κ1) is 21.2. The molecule has 8 nitrogen and oxygen atoms in total. The number of thioether (sulfide) groups is 1. The molecule has 0 aliphatic carbocycles. The quantitative estimate of drug-likeness (QED) is 0.305. The first-order chi connectivity index (χ1) is 16.2. The lowest BCUT2D eigenvalue weighted by atomic mass is 10.0. The molecule has 0 saturated carbocycles. The molecular formula is C23H18N4O4S2. The summed E-state index contributed by atoms with van der Waals surface area (Å²) in [5.41, 5.74) is 1.49. The Labute approximate surface area is 197 Å². The molecule has 0 unspecified atom stereocenters. The van der Waals surface area contributed by atoms with Crippen LogP contribution in [-0.4, -0.2) is 34.6 Å². The van der Waals surface area contributed by atoms with Crippen molar-refractivity contribution in [3.63, 3.8) is 0 Å². The Hall–Kier alpha value is -3.63. The summed E-state index contributed by atoms with van der Waals surface area (Å²) in [6.45, 7) is 0.604. The Morgan fingerprint density at radius 1 is 1.00 bits per heavy atom. The molecule has 1 aliphatic rings. The number of nitrogens with one attached hydrogen (secondary N) is 2. The van der Waals surface area contributed by atoms with Crippen molar-refractivity contribution in [3.8, 4) is 11.5 Å². The van der Waals surface area contributed by atoms with E-state index in [0.29, 0.717) is 33.1 Å². The molecule has 2 N–H and O–H groups in total. The van der Waals surface area contributed by atoms with Gasteiger partial charge in [-0.05, 0) is 34.5 Å². The van der Waals surface area contributed by atoms with Gasteiger partial charge in [0.1, 0.15) is 0 Å². The summed E-state index contributed by atoms with van der Waals surface area (Å²) in [6.07, 6.45) is 0. The zero-order valence-electron chi connectivity index (χ0n) is 17.2. The van der Waals surface area contributed by atoms with Gasteiger partial charge in [-0.1, -0.05) is 65.6 Å². The molecule has 33 heavy (non-hydrogen) atoms. The number of rotatable bonds is 7. The number of nitrogens with zero attached hydrogens (tertiary/aromatic N) is 2. The number of carbonyl (C=O) groups is 2. The number of benzene rings is 3. The van der Waals surface area contributed by atoms with Crippen molar-refractivity contribution in [1.82, 2.24) is 15.5 Å². The Kier molecular flexibility index (Phi) is 6.09. The van der Waals surface area contributed by atoms with Gasteiger partial charge in [0.2, 0.25) is 17.8 Å². The standard InChI is InChI=1S/C23H18N4O4S2/c28-20(24-11-14-8-9-18-19(10-14)31-13-30-18)12-32-23-27-26-22(33-23)25-21(29)17-7-3-5-15-4-1-2-6-16(15)17/h1-10H,11-13H2,(H,24,28)(H,25,26,29). The van der Waals surface area contributed by atoms with Crippen molar-refractivity contribution in [2.45, 2.75) is 10.9 Å². The zero-order chi connectivity index (χ0) is 22.6. The predicted molar refractivity (Wildman–Crippen MR) is 127 cm³/mol. The summed E-state index contributed by atoms with van der Waals surface area (Å²) >= 11 is 2.50. The van der Waals surface area contributed by atoms with Crippen LogP contribution in [0.5, 0.6) is 11.5 Å². The summed E-state index contributed by atoms with van der Waals surface area (Å²) in [7, 11) is 0. The van der Waals surface area contributed by atoms with Gasteiger partial charge < -0.3 is 14.8 Å². The molecule has 0 fully saturated rings. The van der Waals surface area contributed by atoms with Crippen molar-refractivity contribution in [2.24, 2.45) is 0 Å². The van der Waals surface area contributed by atoms with E-state index in [2.05, 4.69) is 20.8 Å². The summed E-state index contributed by atoms with van der Waals surface area (Å²) < 4.78 is 11.2. The normalized spacial score (nSPS) is 12.0. The summed E-state index contributed by atoms with van der Waals surface area (Å²) in [6, 6.07) is 18.9. The van der Waals surface area contributed by atoms with Gasteiger partial charge in [0.25, 0.3) is 5.91 Å². The minimum atomic E-state index is -0.249. The van der Waals surface area contributed by atoms with Gasteiger partial charge in [-0.25, -0.2) is 0 Å². The minimum Gasteiger partial charge on any atom is -0.454 e. The van der Waals surface area contributed by atoms with Crippen LogP contribution in [0.3, 0.4) is 0 Å². The van der Waals surface area contributed by atoms with Crippen molar-refractivity contribution < 1.29 is 19.1 Å². The fraction of sp³-hybridized carbons (Fsp3) is 0.130. The van der Waals surface area contributed by atoms with Gasteiger partial charge in [-0.3, -0.25) is 14.9 Å². The zero-order valence-corrected chi connectivity index (χ0v) is 18.9. The van der Waals surface area contributed by atoms with Crippen LogP contribution in [0.4, 0.5) is 5.13 Å². The summed E-state index contributed by atoms with van der Waals surface area (Å²) in [4.78, 5) is 25.0. The van der Waals surface area contributed by atoms with E-state index in [4.69, 9.17) is 9.47 Å². The number of ether oxygens (including phenoxy) is 2. The first-order valence-electron chi connectivity index (χ1n) is 10.1. The number of amides is 2. The number of hydrogen-bond acceptors (Lipinski definition) is 8. The monoisotopic (exact) mass is 478 g/mol. The van der Waals surface area contributed by atoms with E-state index in [9.17, 15) is 9.59 Å². The SMILES string of the molecule is O=C(CSc1nnc(NC(=O)c2cccc3ccccc23)s1)NCc1ccc2c(c1)OCO2. The number of hydrogen-bond donors (Lipinski definition) is 2. The van der Waals surface area contributed by atoms with E-state index in [1.54, 1.807) is 6.07 Å². The highest BCUT2D eigenvalue weighted by Gasteiger charge is 2.15. The maximum absolute atomic E-state index is 12.7. The van der Waals surface area contributed by atoms with Gasteiger partial charge in [0.05, 0.1) is 5.75 Å². The topological polar surface area (TPSA) is 102 Å². The van der Waals surface area contributed by atoms with E-state index in [1.165, 1.54) is 23.1 Å². The highest BCUT2D eigenvalue weighted by atomic mass is 32.2. The second kappa shape index (κ2) is 9.47.